The number of carbonyl (C=O) groups excluding carboxylic acids is 2. The van der Waals surface area contributed by atoms with Crippen molar-refractivity contribution < 1.29 is 23.5 Å². The molecule has 2 rings (SSSR count). The van der Waals surface area contributed by atoms with Crippen LogP contribution in [0.25, 0.3) is 10.9 Å². The molecule has 0 aliphatic rings. The maximum Gasteiger partial charge on any atom is 0.408 e. The number of fused-ring (bicyclic) bond motifs is 1. The van der Waals surface area contributed by atoms with Crippen LogP contribution < -0.4 is 5.32 Å². The lowest BCUT2D eigenvalue weighted by Gasteiger charge is -2.22. The molecule has 25 heavy (non-hydrogen) atoms. The smallest absolute Gasteiger partial charge is 0.408 e. The zero-order valence-electron chi connectivity index (χ0n) is 14.4. The molecule has 1 unspecified atom stereocenters. The predicted molar refractivity (Wildman–Crippen MR) is 92.1 cm³/mol. The average molecular weight is 371 g/mol. The molecule has 6 nitrogen and oxygen atoms in total. The molecule has 0 aliphatic heterocycles. The topological polar surface area (TPSA) is 80.4 Å². The van der Waals surface area contributed by atoms with Crippen LogP contribution in [-0.4, -0.2) is 35.8 Å². The minimum absolute atomic E-state index is 0.0585. The van der Waals surface area contributed by atoms with Crippen LogP contribution in [0.15, 0.2) is 18.3 Å². The largest absolute Gasteiger partial charge is 0.467 e. The summed E-state index contributed by atoms with van der Waals surface area (Å²) in [6.45, 7) is 5.13. The Morgan fingerprint density at radius 2 is 2.08 bits per heavy atom. The number of hydrogen-bond donors (Lipinski definition) is 2. The fourth-order valence-corrected chi connectivity index (χ4v) is 2.63. The van der Waals surface area contributed by atoms with E-state index in [4.69, 9.17) is 21.1 Å². The van der Waals surface area contributed by atoms with E-state index >= 15 is 0 Å². The van der Waals surface area contributed by atoms with Crippen LogP contribution in [0.3, 0.4) is 0 Å². The molecule has 0 spiro atoms. The third-order valence-corrected chi connectivity index (χ3v) is 3.69. The Balaban J connectivity index is 2.29. The number of ether oxygens (including phenoxy) is 2. The van der Waals surface area contributed by atoms with E-state index in [2.05, 4.69) is 10.3 Å². The molecule has 1 atom stereocenters. The first-order valence-electron chi connectivity index (χ1n) is 7.63. The van der Waals surface area contributed by atoms with Crippen molar-refractivity contribution in [1.29, 1.82) is 0 Å². The zero-order chi connectivity index (χ0) is 18.8. The van der Waals surface area contributed by atoms with Crippen molar-refractivity contribution in [3.8, 4) is 0 Å². The van der Waals surface area contributed by atoms with Gasteiger partial charge in [0.1, 0.15) is 11.6 Å². The van der Waals surface area contributed by atoms with E-state index in [1.165, 1.54) is 13.2 Å². The second kappa shape index (κ2) is 7.31. The Bertz CT molecular complexity index is 798. The molecular weight excluding hydrogens is 351 g/mol. The van der Waals surface area contributed by atoms with Gasteiger partial charge in [0.05, 0.1) is 17.6 Å². The molecular formula is C17H20ClFN2O4. The van der Waals surface area contributed by atoms with Crippen LogP contribution in [0, 0.1) is 5.82 Å². The quantitative estimate of drug-likeness (QED) is 0.806. The lowest BCUT2D eigenvalue weighted by atomic mass is 10.0. The van der Waals surface area contributed by atoms with E-state index in [0.717, 1.165) is 0 Å². The van der Waals surface area contributed by atoms with Gasteiger partial charge in [-0.2, -0.15) is 0 Å². The second-order valence-corrected chi connectivity index (χ2v) is 6.93. The van der Waals surface area contributed by atoms with Crippen LogP contribution >= 0.6 is 11.6 Å². The van der Waals surface area contributed by atoms with Crippen molar-refractivity contribution in [2.45, 2.75) is 38.8 Å². The van der Waals surface area contributed by atoms with E-state index in [1.807, 2.05) is 0 Å². The monoisotopic (exact) mass is 370 g/mol. The molecule has 0 aliphatic carbocycles. The molecule has 136 valence electrons. The molecule has 0 saturated carbocycles. The highest BCUT2D eigenvalue weighted by molar-refractivity contribution is 6.31. The molecule has 1 aromatic heterocycles. The lowest BCUT2D eigenvalue weighted by molar-refractivity contribution is -0.143. The predicted octanol–water partition coefficient (Wildman–Crippen LogP) is 3.57. The van der Waals surface area contributed by atoms with E-state index in [-0.39, 0.29) is 11.4 Å². The van der Waals surface area contributed by atoms with Gasteiger partial charge in [0.2, 0.25) is 0 Å². The van der Waals surface area contributed by atoms with Crippen LogP contribution in [0.1, 0.15) is 26.3 Å². The number of halogens is 2. The highest BCUT2D eigenvalue weighted by Crippen LogP contribution is 2.28. The molecule has 0 saturated heterocycles. The Kier molecular flexibility index (Phi) is 5.57. The highest BCUT2D eigenvalue weighted by atomic mass is 35.5. The number of aromatic nitrogens is 1. The van der Waals surface area contributed by atoms with Crippen LogP contribution in [0.4, 0.5) is 9.18 Å². The summed E-state index contributed by atoms with van der Waals surface area (Å²) in [5, 5.41) is 2.72. The number of hydrogen-bond acceptors (Lipinski definition) is 4. The van der Waals surface area contributed by atoms with Crippen LogP contribution in [-0.2, 0) is 20.7 Å². The van der Waals surface area contributed by atoms with Crippen LogP contribution in [0.2, 0.25) is 5.02 Å². The van der Waals surface area contributed by atoms with Crippen molar-refractivity contribution in [3.63, 3.8) is 0 Å². The zero-order valence-corrected chi connectivity index (χ0v) is 15.2. The third-order valence-electron chi connectivity index (χ3n) is 3.42. The number of nitrogens with one attached hydrogen (secondary N) is 2. The third kappa shape index (κ3) is 4.63. The number of benzene rings is 1. The van der Waals surface area contributed by atoms with E-state index in [1.54, 1.807) is 33.0 Å². The molecule has 1 heterocycles. The van der Waals surface area contributed by atoms with Gasteiger partial charge in [0.25, 0.3) is 0 Å². The normalized spacial score (nSPS) is 12.7. The maximum atomic E-state index is 14.0. The first-order valence-corrected chi connectivity index (χ1v) is 8.01. The molecule has 1 aromatic carbocycles. The number of carbonyl (C=O) groups is 2. The minimum atomic E-state index is -1.01. The number of alkyl carbamates (subject to hydrolysis) is 1. The van der Waals surface area contributed by atoms with Gasteiger partial charge < -0.3 is 19.8 Å². The van der Waals surface area contributed by atoms with Crippen molar-refractivity contribution in [3.05, 3.63) is 34.7 Å². The SMILES string of the molecule is COC(=O)C(Cc1cc(Cl)c(F)c2cc[nH]c12)NC(=O)OC(C)(C)C. The van der Waals surface area contributed by atoms with Gasteiger partial charge in [-0.15, -0.1) is 0 Å². The van der Waals surface area contributed by atoms with E-state index in [0.29, 0.717) is 16.5 Å². The number of aromatic amines is 1. The number of rotatable bonds is 4. The fourth-order valence-electron chi connectivity index (χ4n) is 2.40. The Hall–Kier alpha value is -2.28. The lowest BCUT2D eigenvalue weighted by Crippen LogP contribution is -2.45. The molecule has 0 radical (unpaired) electrons. The number of amides is 1. The summed E-state index contributed by atoms with van der Waals surface area (Å²) < 4.78 is 23.9. The molecule has 2 N–H and O–H groups in total. The number of esters is 1. The Morgan fingerprint density at radius 3 is 2.68 bits per heavy atom. The van der Waals surface area contributed by atoms with Gasteiger partial charge in [0, 0.05) is 18.0 Å². The Labute approximate surface area is 149 Å². The van der Waals surface area contributed by atoms with Crippen molar-refractivity contribution >= 4 is 34.6 Å². The minimum Gasteiger partial charge on any atom is -0.467 e. The number of H-pyrrole nitrogens is 1. The summed E-state index contributed by atoms with van der Waals surface area (Å²) in [6.07, 6.45) is 0.879. The molecule has 0 fully saturated rings. The summed E-state index contributed by atoms with van der Waals surface area (Å²) in [4.78, 5) is 26.9. The van der Waals surface area contributed by atoms with Crippen molar-refractivity contribution in [2.24, 2.45) is 0 Å². The van der Waals surface area contributed by atoms with Gasteiger partial charge in [-0.1, -0.05) is 11.6 Å². The first kappa shape index (κ1) is 19.1. The van der Waals surface area contributed by atoms with Gasteiger partial charge in [-0.25, -0.2) is 14.0 Å². The summed E-state index contributed by atoms with van der Waals surface area (Å²) in [7, 11) is 1.22. The fraction of sp³-hybridized carbons (Fsp3) is 0.412. The van der Waals surface area contributed by atoms with Crippen molar-refractivity contribution in [1.82, 2.24) is 10.3 Å². The average Bonchev–Trinajstić information content (AvgIpc) is 2.99. The number of methoxy groups -OCH3 is 1. The summed E-state index contributed by atoms with van der Waals surface area (Å²) in [5.41, 5.74) is 0.357. The van der Waals surface area contributed by atoms with Gasteiger partial charge in [-0.05, 0) is 38.5 Å². The Morgan fingerprint density at radius 1 is 1.40 bits per heavy atom. The van der Waals surface area contributed by atoms with E-state index in [9.17, 15) is 14.0 Å². The molecule has 2 aromatic rings. The first-order chi connectivity index (χ1) is 11.6. The second-order valence-electron chi connectivity index (χ2n) is 6.52. The highest BCUT2D eigenvalue weighted by Gasteiger charge is 2.26. The summed E-state index contributed by atoms with van der Waals surface area (Å²) in [5.74, 6) is -1.19. The summed E-state index contributed by atoms with van der Waals surface area (Å²) in [6, 6.07) is 1.96. The molecule has 0 bridgehead atoms. The van der Waals surface area contributed by atoms with E-state index < -0.39 is 29.5 Å². The molecule has 1 amide bonds. The maximum absolute atomic E-state index is 14.0. The summed E-state index contributed by atoms with van der Waals surface area (Å²) >= 11 is 5.92. The standard InChI is InChI=1S/C17H20ClFN2O4/c1-17(2,3)25-16(23)21-12(15(22)24-4)8-9-7-11(18)13(19)10-5-6-20-14(9)10/h5-7,12,20H,8H2,1-4H3,(H,21,23). The van der Waals surface area contributed by atoms with Crippen molar-refractivity contribution in [2.75, 3.05) is 7.11 Å². The molecule has 8 heteroatoms. The van der Waals surface area contributed by atoms with Gasteiger partial charge in [0.15, 0.2) is 5.82 Å². The van der Waals surface area contributed by atoms with Gasteiger partial charge >= 0.3 is 12.1 Å². The van der Waals surface area contributed by atoms with Crippen LogP contribution in [0.5, 0.6) is 0 Å². The van der Waals surface area contributed by atoms with Gasteiger partial charge in [-0.3, -0.25) is 0 Å².